The number of para-hydroxylation sites is 1. The molecule has 1 aliphatic carbocycles. The van der Waals surface area contributed by atoms with Gasteiger partial charge in [-0.15, -0.1) is 0 Å². The summed E-state index contributed by atoms with van der Waals surface area (Å²) in [7, 11) is 3.31. The standard InChI is InChI=1S/C20H26N2O4/c1-21-17(23)20-9-10-26-12-14(20)11-22(13-20)18(24)19(7-8-19)15-5-3-4-6-16(15)25-2/h3-6,14H,7-13H2,1-2H3,(H,21,23)/t14-,20+/m1/s1. The van der Waals surface area contributed by atoms with Crippen molar-refractivity contribution in [3.05, 3.63) is 29.8 Å². The molecular formula is C20H26N2O4. The third-order valence-electron chi connectivity index (χ3n) is 6.46. The Labute approximate surface area is 153 Å². The zero-order valence-corrected chi connectivity index (χ0v) is 15.4. The monoisotopic (exact) mass is 358 g/mol. The number of nitrogens with one attached hydrogen (secondary N) is 1. The second-order valence-corrected chi connectivity index (χ2v) is 7.73. The van der Waals surface area contributed by atoms with E-state index in [1.165, 1.54) is 0 Å². The second kappa shape index (κ2) is 6.27. The molecule has 3 aliphatic rings. The van der Waals surface area contributed by atoms with Gasteiger partial charge in [0.15, 0.2) is 0 Å². The lowest BCUT2D eigenvalue weighted by Crippen LogP contribution is -2.50. The van der Waals surface area contributed by atoms with Gasteiger partial charge in [-0.3, -0.25) is 9.59 Å². The zero-order valence-electron chi connectivity index (χ0n) is 15.4. The number of amides is 2. The first-order valence-electron chi connectivity index (χ1n) is 9.30. The minimum absolute atomic E-state index is 0.0308. The molecule has 2 amide bonds. The summed E-state index contributed by atoms with van der Waals surface area (Å²) < 4.78 is 11.1. The molecule has 0 radical (unpaired) electrons. The summed E-state index contributed by atoms with van der Waals surface area (Å²) in [6, 6.07) is 7.77. The van der Waals surface area contributed by atoms with Gasteiger partial charge >= 0.3 is 0 Å². The van der Waals surface area contributed by atoms with E-state index in [2.05, 4.69) is 5.32 Å². The fourth-order valence-electron chi connectivity index (χ4n) is 4.79. The number of nitrogens with zero attached hydrogens (tertiary/aromatic N) is 1. The minimum Gasteiger partial charge on any atom is -0.496 e. The Kier molecular flexibility index (Phi) is 4.18. The van der Waals surface area contributed by atoms with Crippen LogP contribution in [-0.4, -0.2) is 57.2 Å². The molecular weight excluding hydrogens is 332 g/mol. The van der Waals surface area contributed by atoms with Gasteiger partial charge in [-0.2, -0.15) is 0 Å². The molecule has 0 unspecified atom stereocenters. The van der Waals surface area contributed by atoms with Gasteiger partial charge in [-0.25, -0.2) is 0 Å². The Hall–Kier alpha value is -2.08. The van der Waals surface area contributed by atoms with Gasteiger partial charge in [0.05, 0.1) is 24.5 Å². The third-order valence-corrected chi connectivity index (χ3v) is 6.46. The number of hydrogen-bond acceptors (Lipinski definition) is 4. The van der Waals surface area contributed by atoms with Crippen molar-refractivity contribution in [2.24, 2.45) is 11.3 Å². The predicted octanol–water partition coefficient (Wildman–Crippen LogP) is 1.34. The molecule has 140 valence electrons. The van der Waals surface area contributed by atoms with Crippen LogP contribution < -0.4 is 10.1 Å². The summed E-state index contributed by atoms with van der Waals surface area (Å²) in [5, 5.41) is 2.81. The number of benzene rings is 1. The van der Waals surface area contributed by atoms with E-state index in [0.717, 1.165) is 24.2 Å². The molecule has 1 N–H and O–H groups in total. The van der Waals surface area contributed by atoms with Crippen molar-refractivity contribution in [1.29, 1.82) is 0 Å². The van der Waals surface area contributed by atoms with Crippen LogP contribution in [0.3, 0.4) is 0 Å². The van der Waals surface area contributed by atoms with Gasteiger partial charge in [0.2, 0.25) is 11.8 Å². The van der Waals surface area contributed by atoms with Gasteiger partial charge in [-0.1, -0.05) is 18.2 Å². The van der Waals surface area contributed by atoms with Gasteiger partial charge in [0, 0.05) is 38.2 Å². The summed E-state index contributed by atoms with van der Waals surface area (Å²) in [6.45, 7) is 2.18. The van der Waals surface area contributed by atoms with Crippen LogP contribution >= 0.6 is 0 Å². The molecule has 0 spiro atoms. The van der Waals surface area contributed by atoms with Gasteiger partial charge in [0.1, 0.15) is 5.75 Å². The van der Waals surface area contributed by atoms with Crippen LogP contribution in [-0.2, 0) is 19.7 Å². The largest absolute Gasteiger partial charge is 0.496 e. The van der Waals surface area contributed by atoms with Crippen molar-refractivity contribution >= 4 is 11.8 Å². The van der Waals surface area contributed by atoms with Crippen LogP contribution in [0.25, 0.3) is 0 Å². The molecule has 1 aromatic carbocycles. The van der Waals surface area contributed by atoms with Crippen molar-refractivity contribution in [3.63, 3.8) is 0 Å². The molecule has 4 rings (SSSR count). The van der Waals surface area contributed by atoms with Gasteiger partial charge < -0.3 is 19.7 Å². The lowest BCUT2D eigenvalue weighted by atomic mass is 9.73. The molecule has 2 heterocycles. The van der Waals surface area contributed by atoms with Crippen LogP contribution in [0.1, 0.15) is 24.8 Å². The van der Waals surface area contributed by atoms with Crippen molar-refractivity contribution in [1.82, 2.24) is 10.2 Å². The fourth-order valence-corrected chi connectivity index (χ4v) is 4.79. The van der Waals surface area contributed by atoms with Crippen LogP contribution in [0.5, 0.6) is 5.75 Å². The number of ether oxygens (including phenoxy) is 2. The smallest absolute Gasteiger partial charge is 0.233 e. The Morgan fingerprint density at radius 3 is 2.73 bits per heavy atom. The lowest BCUT2D eigenvalue weighted by Gasteiger charge is -2.36. The molecule has 2 aliphatic heterocycles. The Balaban J connectivity index is 1.62. The highest BCUT2D eigenvalue weighted by molar-refractivity contribution is 5.93. The average molecular weight is 358 g/mol. The maximum atomic E-state index is 13.5. The molecule has 6 nitrogen and oxygen atoms in total. The second-order valence-electron chi connectivity index (χ2n) is 7.73. The highest BCUT2D eigenvalue weighted by Gasteiger charge is 2.60. The number of fused-ring (bicyclic) bond motifs is 1. The van der Waals surface area contributed by atoms with Crippen molar-refractivity contribution < 1.29 is 19.1 Å². The number of carbonyl (C=O) groups excluding carboxylic acids is 2. The van der Waals surface area contributed by atoms with E-state index in [0.29, 0.717) is 32.7 Å². The SMILES string of the molecule is CNC(=O)[C@]12CCOC[C@H]1CN(C(=O)C1(c3ccccc3OC)CC1)C2. The van der Waals surface area contributed by atoms with E-state index in [1.54, 1.807) is 14.2 Å². The van der Waals surface area contributed by atoms with E-state index in [1.807, 2.05) is 29.2 Å². The Morgan fingerprint density at radius 1 is 1.27 bits per heavy atom. The maximum absolute atomic E-state index is 13.5. The average Bonchev–Trinajstić information content (AvgIpc) is 3.40. The quantitative estimate of drug-likeness (QED) is 0.882. The number of likely N-dealkylation sites (tertiary alicyclic amines) is 1. The summed E-state index contributed by atoms with van der Waals surface area (Å²) in [4.78, 5) is 28.0. The minimum atomic E-state index is -0.514. The number of rotatable bonds is 4. The van der Waals surface area contributed by atoms with E-state index in [9.17, 15) is 9.59 Å². The van der Waals surface area contributed by atoms with Crippen molar-refractivity contribution in [2.75, 3.05) is 40.5 Å². The molecule has 6 heteroatoms. The van der Waals surface area contributed by atoms with Crippen molar-refractivity contribution in [2.45, 2.75) is 24.7 Å². The van der Waals surface area contributed by atoms with E-state index in [-0.39, 0.29) is 17.7 Å². The van der Waals surface area contributed by atoms with Crippen LogP contribution in [0.4, 0.5) is 0 Å². The van der Waals surface area contributed by atoms with E-state index in [4.69, 9.17) is 9.47 Å². The Bertz CT molecular complexity index is 730. The third kappa shape index (κ3) is 2.42. The molecule has 1 saturated carbocycles. The number of hydrogen-bond donors (Lipinski definition) is 1. The summed E-state index contributed by atoms with van der Waals surface area (Å²) in [6.07, 6.45) is 2.33. The summed E-state index contributed by atoms with van der Waals surface area (Å²) >= 11 is 0. The summed E-state index contributed by atoms with van der Waals surface area (Å²) in [5.74, 6) is 0.982. The topological polar surface area (TPSA) is 67.9 Å². The fraction of sp³-hybridized carbons (Fsp3) is 0.600. The molecule has 2 atom stereocenters. The highest BCUT2D eigenvalue weighted by Crippen LogP contribution is 2.54. The van der Waals surface area contributed by atoms with Crippen LogP contribution in [0, 0.1) is 11.3 Å². The predicted molar refractivity (Wildman–Crippen MR) is 95.9 cm³/mol. The summed E-state index contributed by atoms with van der Waals surface area (Å²) in [5.41, 5.74) is -0.0442. The first-order valence-corrected chi connectivity index (χ1v) is 9.30. The molecule has 2 saturated heterocycles. The Morgan fingerprint density at radius 2 is 2.04 bits per heavy atom. The molecule has 1 aromatic rings. The van der Waals surface area contributed by atoms with Gasteiger partial charge in [-0.05, 0) is 25.3 Å². The van der Waals surface area contributed by atoms with Crippen molar-refractivity contribution in [3.8, 4) is 5.75 Å². The van der Waals surface area contributed by atoms with Gasteiger partial charge in [0.25, 0.3) is 0 Å². The van der Waals surface area contributed by atoms with Crippen LogP contribution in [0.15, 0.2) is 24.3 Å². The zero-order chi connectivity index (χ0) is 18.4. The highest BCUT2D eigenvalue weighted by atomic mass is 16.5. The van der Waals surface area contributed by atoms with E-state index < -0.39 is 10.8 Å². The van der Waals surface area contributed by atoms with E-state index >= 15 is 0 Å². The number of carbonyl (C=O) groups is 2. The number of methoxy groups -OCH3 is 1. The molecule has 26 heavy (non-hydrogen) atoms. The molecule has 3 fully saturated rings. The van der Waals surface area contributed by atoms with Crippen LogP contribution in [0.2, 0.25) is 0 Å². The first-order chi connectivity index (χ1) is 12.6. The molecule has 0 bridgehead atoms. The normalized spacial score (nSPS) is 29.0. The lowest BCUT2D eigenvalue weighted by molar-refractivity contribution is -0.139. The maximum Gasteiger partial charge on any atom is 0.233 e. The molecule has 0 aromatic heterocycles. The first kappa shape index (κ1) is 17.3.